The molecule has 2 rings (SSSR count). The molecule has 0 heterocycles. The van der Waals surface area contributed by atoms with Crippen molar-refractivity contribution in [2.24, 2.45) is 0 Å². The summed E-state index contributed by atoms with van der Waals surface area (Å²) in [4.78, 5) is 12.6. The molecule has 1 N–H and O–H groups in total. The van der Waals surface area contributed by atoms with Crippen LogP contribution < -0.4 is 14.4 Å². The molecule has 2 aromatic rings. The third-order valence-corrected chi connectivity index (χ3v) is 5.33. The van der Waals surface area contributed by atoms with E-state index in [0.717, 1.165) is 10.6 Å². The Morgan fingerprint density at radius 2 is 1.79 bits per heavy atom. The largest absolute Gasteiger partial charge is 0.492 e. The van der Waals surface area contributed by atoms with E-state index in [2.05, 4.69) is 5.32 Å². The van der Waals surface area contributed by atoms with Crippen LogP contribution in [0.15, 0.2) is 48.5 Å². The van der Waals surface area contributed by atoms with Gasteiger partial charge in [0.05, 0.1) is 18.5 Å². The fraction of sp³-hybridized carbons (Fsp3) is 0.316. The number of rotatable bonds is 9. The summed E-state index contributed by atoms with van der Waals surface area (Å²) in [5.74, 6) is -0.332. The Hall–Kier alpha value is -2.32. The number of sulfonamides is 1. The second-order valence-electron chi connectivity index (χ2n) is 6.05. The van der Waals surface area contributed by atoms with Crippen molar-refractivity contribution in [3.8, 4) is 5.75 Å². The van der Waals surface area contributed by atoms with Gasteiger partial charge in [0.15, 0.2) is 0 Å². The number of carbonyl (C=O) groups is 1. The number of carbonyl (C=O) groups excluding carboxylic acids is 1. The van der Waals surface area contributed by atoms with Gasteiger partial charge in [-0.2, -0.15) is 0 Å². The topological polar surface area (TPSA) is 75.7 Å². The van der Waals surface area contributed by atoms with E-state index < -0.39 is 22.0 Å². The molecule has 2 aromatic carbocycles. The molecule has 9 heteroatoms. The van der Waals surface area contributed by atoms with E-state index in [1.807, 2.05) is 0 Å². The first-order valence-electron chi connectivity index (χ1n) is 8.63. The van der Waals surface area contributed by atoms with Crippen molar-refractivity contribution >= 4 is 33.2 Å². The monoisotopic (exact) mass is 428 g/mol. The first-order valence-corrected chi connectivity index (χ1v) is 10.9. The molecular weight excluding hydrogens is 407 g/mol. The van der Waals surface area contributed by atoms with Crippen molar-refractivity contribution in [3.63, 3.8) is 0 Å². The molecule has 0 aliphatic heterocycles. The molecule has 1 atom stereocenters. The molecule has 0 saturated carbocycles. The number of nitrogens with zero attached hydrogens (tertiary/aromatic N) is 1. The highest BCUT2D eigenvalue weighted by atomic mass is 35.5. The first-order chi connectivity index (χ1) is 13.2. The minimum Gasteiger partial charge on any atom is -0.492 e. The van der Waals surface area contributed by atoms with Gasteiger partial charge in [-0.1, -0.05) is 18.5 Å². The molecule has 1 amide bonds. The number of hydrogen-bond donors (Lipinski definition) is 1. The maximum Gasteiger partial charge on any atom is 0.244 e. The smallest absolute Gasteiger partial charge is 0.244 e. The van der Waals surface area contributed by atoms with Crippen LogP contribution >= 0.6 is 11.6 Å². The SMILES string of the molecule is CC[C@@H](C(=O)NCCOc1ccc(F)cc1)N(c1ccc(Cl)cc1)S(C)(=O)=O. The van der Waals surface area contributed by atoms with Crippen molar-refractivity contribution in [2.45, 2.75) is 19.4 Å². The van der Waals surface area contributed by atoms with E-state index in [-0.39, 0.29) is 25.4 Å². The number of halogens is 2. The third-order valence-electron chi connectivity index (χ3n) is 3.89. The Kier molecular flexibility index (Phi) is 7.65. The Balaban J connectivity index is 2.02. The summed E-state index contributed by atoms with van der Waals surface area (Å²) in [6, 6.07) is 10.8. The van der Waals surface area contributed by atoms with Gasteiger partial charge in [0, 0.05) is 5.02 Å². The molecule has 0 aromatic heterocycles. The number of nitrogens with one attached hydrogen (secondary N) is 1. The lowest BCUT2D eigenvalue weighted by Crippen LogP contribution is -2.50. The standard InChI is InChI=1S/C19H22ClFN2O4S/c1-3-18(23(28(2,25)26)16-8-4-14(20)5-9-16)19(24)22-12-13-27-17-10-6-15(21)7-11-17/h4-11,18H,3,12-13H2,1-2H3,(H,22,24)/t18-/m0/s1. The Bertz CT molecular complexity index is 889. The predicted molar refractivity (Wildman–Crippen MR) is 108 cm³/mol. The van der Waals surface area contributed by atoms with Gasteiger partial charge in [0.2, 0.25) is 15.9 Å². The van der Waals surface area contributed by atoms with Crippen molar-refractivity contribution in [1.29, 1.82) is 0 Å². The van der Waals surface area contributed by atoms with Crippen LogP contribution in [0, 0.1) is 5.82 Å². The van der Waals surface area contributed by atoms with Crippen LogP contribution in [0.2, 0.25) is 5.02 Å². The summed E-state index contributed by atoms with van der Waals surface area (Å²) >= 11 is 5.87. The van der Waals surface area contributed by atoms with E-state index in [1.54, 1.807) is 31.2 Å². The maximum absolute atomic E-state index is 12.9. The quantitative estimate of drug-likeness (QED) is 0.622. The van der Waals surface area contributed by atoms with Gasteiger partial charge in [-0.15, -0.1) is 0 Å². The average molecular weight is 429 g/mol. The van der Waals surface area contributed by atoms with Crippen molar-refractivity contribution in [2.75, 3.05) is 23.7 Å². The van der Waals surface area contributed by atoms with E-state index in [9.17, 15) is 17.6 Å². The van der Waals surface area contributed by atoms with Crippen LogP contribution in [0.4, 0.5) is 10.1 Å². The number of benzene rings is 2. The van der Waals surface area contributed by atoms with E-state index in [1.165, 1.54) is 24.3 Å². The lowest BCUT2D eigenvalue weighted by molar-refractivity contribution is -0.122. The number of hydrogen-bond acceptors (Lipinski definition) is 4. The minimum atomic E-state index is -3.70. The zero-order chi connectivity index (χ0) is 20.7. The van der Waals surface area contributed by atoms with E-state index in [4.69, 9.17) is 16.3 Å². The summed E-state index contributed by atoms with van der Waals surface area (Å²) in [6.45, 7) is 2.06. The highest BCUT2D eigenvalue weighted by Crippen LogP contribution is 2.24. The zero-order valence-electron chi connectivity index (χ0n) is 15.6. The lowest BCUT2D eigenvalue weighted by atomic mass is 10.2. The van der Waals surface area contributed by atoms with Gasteiger partial charge in [-0.25, -0.2) is 12.8 Å². The van der Waals surface area contributed by atoms with Gasteiger partial charge in [0.1, 0.15) is 24.2 Å². The highest BCUT2D eigenvalue weighted by molar-refractivity contribution is 7.92. The summed E-state index contributed by atoms with van der Waals surface area (Å²) in [6.07, 6.45) is 1.33. The van der Waals surface area contributed by atoms with Crippen LogP contribution in [-0.4, -0.2) is 39.8 Å². The molecule has 0 unspecified atom stereocenters. The minimum absolute atomic E-state index is 0.160. The molecule has 0 aliphatic carbocycles. The third kappa shape index (κ3) is 6.10. The Morgan fingerprint density at radius 1 is 1.18 bits per heavy atom. The van der Waals surface area contributed by atoms with Gasteiger partial charge in [-0.3, -0.25) is 9.10 Å². The Labute approximate surface area is 169 Å². The molecule has 28 heavy (non-hydrogen) atoms. The van der Waals surface area contributed by atoms with Crippen molar-refractivity contribution in [1.82, 2.24) is 5.32 Å². The van der Waals surface area contributed by atoms with Gasteiger partial charge in [-0.05, 0) is 55.0 Å². The average Bonchev–Trinajstić information content (AvgIpc) is 2.64. The molecule has 0 bridgehead atoms. The second kappa shape index (κ2) is 9.75. The molecule has 0 fully saturated rings. The van der Waals surface area contributed by atoms with Gasteiger partial charge in [0.25, 0.3) is 0 Å². The predicted octanol–water partition coefficient (Wildman–Crippen LogP) is 3.22. The van der Waals surface area contributed by atoms with E-state index >= 15 is 0 Å². The van der Waals surface area contributed by atoms with Crippen LogP contribution in [-0.2, 0) is 14.8 Å². The van der Waals surface area contributed by atoms with Crippen LogP contribution in [0.3, 0.4) is 0 Å². The number of anilines is 1. The molecular formula is C19H22ClFN2O4S. The maximum atomic E-state index is 12.9. The lowest BCUT2D eigenvalue weighted by Gasteiger charge is -2.30. The highest BCUT2D eigenvalue weighted by Gasteiger charge is 2.31. The van der Waals surface area contributed by atoms with Crippen LogP contribution in [0.25, 0.3) is 0 Å². The number of amides is 1. The molecule has 0 radical (unpaired) electrons. The molecule has 0 saturated heterocycles. The molecule has 152 valence electrons. The Morgan fingerprint density at radius 3 is 2.32 bits per heavy atom. The molecule has 0 aliphatic rings. The summed E-state index contributed by atoms with van der Waals surface area (Å²) in [5.41, 5.74) is 0.358. The van der Waals surface area contributed by atoms with Gasteiger partial charge < -0.3 is 10.1 Å². The summed E-state index contributed by atoms with van der Waals surface area (Å²) in [5, 5.41) is 3.14. The van der Waals surface area contributed by atoms with Gasteiger partial charge >= 0.3 is 0 Å². The van der Waals surface area contributed by atoms with E-state index in [0.29, 0.717) is 16.5 Å². The fourth-order valence-electron chi connectivity index (χ4n) is 2.64. The number of ether oxygens (including phenoxy) is 1. The first kappa shape index (κ1) is 22.0. The van der Waals surface area contributed by atoms with Crippen molar-refractivity contribution < 1.29 is 22.3 Å². The van der Waals surface area contributed by atoms with Crippen LogP contribution in [0.1, 0.15) is 13.3 Å². The second-order valence-corrected chi connectivity index (χ2v) is 8.35. The summed E-state index contributed by atoms with van der Waals surface area (Å²) < 4.78 is 44.0. The summed E-state index contributed by atoms with van der Waals surface area (Å²) in [7, 11) is -3.70. The van der Waals surface area contributed by atoms with Crippen LogP contribution in [0.5, 0.6) is 5.75 Å². The molecule has 0 spiro atoms. The normalized spacial score (nSPS) is 12.3. The molecule has 6 nitrogen and oxygen atoms in total. The zero-order valence-corrected chi connectivity index (χ0v) is 17.1. The van der Waals surface area contributed by atoms with Crippen molar-refractivity contribution in [3.05, 3.63) is 59.4 Å². The fourth-order valence-corrected chi connectivity index (χ4v) is 3.98.